The molecule has 0 aromatic rings. The fourth-order valence-corrected chi connectivity index (χ4v) is 9.72. The molecule has 4 heteroatoms. The largest absolute Gasteiger partial charge is 0.393 e. The lowest BCUT2D eigenvalue weighted by molar-refractivity contribution is -0.119. The number of aliphatic hydroxyl groups is 3. The molecule has 3 saturated carbocycles. The van der Waals surface area contributed by atoms with E-state index in [1.165, 1.54) is 31.3 Å². The second kappa shape index (κ2) is 8.31. The molecule has 0 bridgehead atoms. The Bertz CT molecular complexity index is 873. The van der Waals surface area contributed by atoms with Crippen LogP contribution in [0.1, 0.15) is 85.5 Å². The normalized spacial score (nSPS) is 48.6. The molecule has 0 aliphatic heterocycles. The number of carbonyl (C=O) groups is 1. The Balaban J connectivity index is 1.38. The minimum absolute atomic E-state index is 0.116. The summed E-state index contributed by atoms with van der Waals surface area (Å²) in [6.07, 6.45) is 10.3. The second-order valence-electron chi connectivity index (χ2n) is 12.8. The molecule has 3 fully saturated rings. The van der Waals surface area contributed by atoms with Crippen molar-refractivity contribution in [3.8, 4) is 0 Å². The monoisotopic (exact) mass is 456 g/mol. The Labute approximate surface area is 199 Å². The van der Waals surface area contributed by atoms with Crippen molar-refractivity contribution in [1.29, 1.82) is 0 Å². The summed E-state index contributed by atoms with van der Waals surface area (Å²) in [4.78, 5) is 12.7. The Morgan fingerprint density at radius 1 is 1.09 bits per heavy atom. The number of ketones is 1. The third-order valence-electron chi connectivity index (χ3n) is 11.7. The zero-order valence-electron chi connectivity index (χ0n) is 21.0. The first-order chi connectivity index (χ1) is 15.6. The number of Topliss-reactive ketones (excluding diaryl/α,β-unsaturated/α-hetero) is 1. The molecule has 0 unspecified atom stereocenters. The van der Waals surface area contributed by atoms with Crippen LogP contribution in [-0.2, 0) is 4.79 Å². The van der Waals surface area contributed by atoms with Crippen LogP contribution >= 0.6 is 0 Å². The summed E-state index contributed by atoms with van der Waals surface area (Å²) < 4.78 is 0. The van der Waals surface area contributed by atoms with Gasteiger partial charge in [0, 0.05) is 23.8 Å². The summed E-state index contributed by atoms with van der Waals surface area (Å²) >= 11 is 0. The van der Waals surface area contributed by atoms with Crippen LogP contribution < -0.4 is 0 Å². The second-order valence-corrected chi connectivity index (χ2v) is 12.8. The summed E-state index contributed by atoms with van der Waals surface area (Å²) in [6, 6.07) is 0. The Kier molecular flexibility index (Phi) is 5.98. The van der Waals surface area contributed by atoms with Gasteiger partial charge in [0.25, 0.3) is 0 Å². The molecule has 33 heavy (non-hydrogen) atoms. The van der Waals surface area contributed by atoms with Crippen LogP contribution in [0.4, 0.5) is 0 Å². The van der Waals surface area contributed by atoms with E-state index in [4.69, 9.17) is 0 Å². The van der Waals surface area contributed by atoms with Crippen molar-refractivity contribution in [2.24, 2.45) is 46.3 Å². The Hall–Kier alpha value is -0.970. The van der Waals surface area contributed by atoms with Crippen molar-refractivity contribution in [2.45, 2.75) is 97.7 Å². The summed E-state index contributed by atoms with van der Waals surface area (Å²) in [5.41, 5.74) is 3.19. The maximum atomic E-state index is 12.7. The topological polar surface area (TPSA) is 77.8 Å². The van der Waals surface area contributed by atoms with Crippen molar-refractivity contribution in [3.05, 3.63) is 22.8 Å². The highest BCUT2D eigenvalue weighted by molar-refractivity contribution is 5.97. The van der Waals surface area contributed by atoms with E-state index in [1.54, 1.807) is 0 Å². The predicted octanol–water partition coefficient (Wildman–Crippen LogP) is 4.82. The summed E-state index contributed by atoms with van der Waals surface area (Å²) in [5, 5.41) is 31.0. The quantitative estimate of drug-likeness (QED) is 0.532. The molecular weight excluding hydrogens is 412 g/mol. The molecule has 184 valence electrons. The van der Waals surface area contributed by atoms with Gasteiger partial charge < -0.3 is 15.3 Å². The highest BCUT2D eigenvalue weighted by atomic mass is 16.3. The van der Waals surface area contributed by atoms with Crippen molar-refractivity contribution in [2.75, 3.05) is 6.61 Å². The molecule has 5 aliphatic rings. The molecule has 10 atom stereocenters. The van der Waals surface area contributed by atoms with Gasteiger partial charge in [-0.1, -0.05) is 38.0 Å². The fraction of sp³-hybridized carbons (Fsp3) is 0.828. The predicted molar refractivity (Wildman–Crippen MR) is 129 cm³/mol. The van der Waals surface area contributed by atoms with Gasteiger partial charge in [-0.05, 0) is 92.8 Å². The van der Waals surface area contributed by atoms with Gasteiger partial charge in [0.05, 0.1) is 18.8 Å². The molecule has 0 aromatic carbocycles. The van der Waals surface area contributed by atoms with Gasteiger partial charge in [-0.3, -0.25) is 4.79 Å². The number of carbonyl (C=O) groups excluding carboxylic acids is 1. The minimum atomic E-state index is -0.440. The van der Waals surface area contributed by atoms with Crippen LogP contribution in [0.2, 0.25) is 0 Å². The number of fused-ring (bicyclic) bond motifs is 5. The van der Waals surface area contributed by atoms with E-state index < -0.39 is 12.2 Å². The lowest BCUT2D eigenvalue weighted by Crippen LogP contribution is -2.55. The Morgan fingerprint density at radius 3 is 2.55 bits per heavy atom. The molecule has 0 spiro atoms. The number of rotatable bonds is 3. The first-order valence-electron chi connectivity index (χ1n) is 13.5. The molecule has 3 N–H and O–H groups in total. The van der Waals surface area contributed by atoms with Crippen LogP contribution in [0.15, 0.2) is 22.8 Å². The molecular formula is C29H44O4. The van der Waals surface area contributed by atoms with E-state index in [0.717, 1.165) is 24.8 Å². The van der Waals surface area contributed by atoms with Crippen molar-refractivity contribution >= 4 is 5.78 Å². The van der Waals surface area contributed by atoms with Gasteiger partial charge in [-0.15, -0.1) is 0 Å². The third kappa shape index (κ3) is 3.45. The van der Waals surface area contributed by atoms with E-state index in [9.17, 15) is 20.1 Å². The first-order valence-corrected chi connectivity index (χ1v) is 13.5. The number of hydrogen-bond acceptors (Lipinski definition) is 4. The molecule has 0 amide bonds. The van der Waals surface area contributed by atoms with E-state index in [2.05, 4.69) is 26.8 Å². The van der Waals surface area contributed by atoms with Crippen LogP contribution in [-0.4, -0.2) is 39.9 Å². The minimum Gasteiger partial charge on any atom is -0.393 e. The standard InChI is InChI=1S/C29H44O4/c1-16-11-18(12-26(32)22(16)15-30)17(2)23-7-8-24-21-6-5-19-13-20(31)14-27(33)29(19,4)25(21)9-10-28(23,24)3/h5,17-18,20-21,23-25,27,30-31,33H,6-15H2,1-4H3/t17-,18-,20-,21+,23-,24+,25+,27+,28-,29+/m1/s1. The highest BCUT2D eigenvalue weighted by Gasteiger charge is 2.61. The Morgan fingerprint density at radius 2 is 1.85 bits per heavy atom. The van der Waals surface area contributed by atoms with E-state index in [-0.39, 0.29) is 17.8 Å². The van der Waals surface area contributed by atoms with E-state index >= 15 is 0 Å². The van der Waals surface area contributed by atoms with Crippen molar-refractivity contribution < 1.29 is 20.1 Å². The maximum absolute atomic E-state index is 12.7. The van der Waals surface area contributed by atoms with Gasteiger partial charge >= 0.3 is 0 Å². The van der Waals surface area contributed by atoms with Crippen LogP contribution in [0, 0.1) is 46.3 Å². The van der Waals surface area contributed by atoms with Gasteiger partial charge in [-0.25, -0.2) is 0 Å². The summed E-state index contributed by atoms with van der Waals surface area (Å²) in [6.45, 7) is 9.13. The molecule has 0 radical (unpaired) electrons. The van der Waals surface area contributed by atoms with Crippen LogP contribution in [0.5, 0.6) is 0 Å². The lowest BCUT2D eigenvalue weighted by atomic mass is 9.46. The van der Waals surface area contributed by atoms with Crippen molar-refractivity contribution in [1.82, 2.24) is 0 Å². The SMILES string of the molecule is CC1=C(CO)C(=O)C[C@H]([C@@H](C)[C@H]2CC[C@H]3[C@@H]4CC=C5C[C@@H](O)C[C@H](O)[C@]5(C)[C@H]4CC[C@]23C)C1. The smallest absolute Gasteiger partial charge is 0.161 e. The van der Waals surface area contributed by atoms with Crippen LogP contribution in [0.3, 0.4) is 0 Å². The molecule has 0 aromatic heterocycles. The van der Waals surface area contributed by atoms with Gasteiger partial charge in [0.2, 0.25) is 0 Å². The van der Waals surface area contributed by atoms with Crippen molar-refractivity contribution in [3.63, 3.8) is 0 Å². The van der Waals surface area contributed by atoms with Gasteiger partial charge in [-0.2, -0.15) is 0 Å². The summed E-state index contributed by atoms with van der Waals surface area (Å²) in [7, 11) is 0. The molecule has 5 aliphatic carbocycles. The highest BCUT2D eigenvalue weighted by Crippen LogP contribution is 2.67. The van der Waals surface area contributed by atoms with Gasteiger partial charge in [0.1, 0.15) is 0 Å². The molecule has 0 saturated heterocycles. The number of hydrogen-bond donors (Lipinski definition) is 3. The zero-order valence-corrected chi connectivity index (χ0v) is 21.0. The van der Waals surface area contributed by atoms with Crippen LogP contribution in [0.25, 0.3) is 0 Å². The number of aliphatic hydroxyl groups excluding tert-OH is 3. The summed E-state index contributed by atoms with van der Waals surface area (Å²) in [5.74, 6) is 3.52. The molecule has 0 heterocycles. The average molecular weight is 457 g/mol. The molecule has 5 rings (SSSR count). The third-order valence-corrected chi connectivity index (χ3v) is 11.7. The maximum Gasteiger partial charge on any atom is 0.161 e. The zero-order chi connectivity index (χ0) is 23.7. The average Bonchev–Trinajstić information content (AvgIpc) is 3.11. The van der Waals surface area contributed by atoms with Gasteiger partial charge in [0.15, 0.2) is 5.78 Å². The van der Waals surface area contributed by atoms with E-state index in [1.807, 2.05) is 6.92 Å². The first kappa shape index (κ1) is 23.8. The molecule has 4 nitrogen and oxygen atoms in total. The number of allylic oxidation sites excluding steroid dienone is 2. The fourth-order valence-electron chi connectivity index (χ4n) is 9.72. The van der Waals surface area contributed by atoms with E-state index in [0.29, 0.717) is 59.3 Å². The lowest BCUT2D eigenvalue weighted by Gasteiger charge is -2.59.